The summed E-state index contributed by atoms with van der Waals surface area (Å²) in [6.45, 7) is -0.0873. The summed E-state index contributed by atoms with van der Waals surface area (Å²) in [6.07, 6.45) is 3.66. The first-order valence-electron chi connectivity index (χ1n) is 5.79. The summed E-state index contributed by atoms with van der Waals surface area (Å²) >= 11 is 2.78. The monoisotopic (exact) mass is 367 g/mol. The molecular formula is C12H12BrF2NO3S. The molecule has 0 unspecified atom stereocenters. The standard InChI is InChI=1S/C12H12BrF2NO3S/c13-9-4-11(15)12(5-10(9)14)20(18,19)16-8-2-1-7(3-8)6-17/h1-2,4-5,7-8,16-17H,3,6H2/t7-,8+/m0/s1. The van der Waals surface area contributed by atoms with E-state index in [0.29, 0.717) is 12.5 Å². The summed E-state index contributed by atoms with van der Waals surface area (Å²) in [5, 5.41) is 8.97. The minimum Gasteiger partial charge on any atom is -0.396 e. The van der Waals surface area contributed by atoms with Crippen LogP contribution in [0.2, 0.25) is 0 Å². The smallest absolute Gasteiger partial charge is 0.244 e. The van der Waals surface area contributed by atoms with Crippen LogP contribution in [0, 0.1) is 17.6 Å². The Labute approximate surface area is 123 Å². The maximum atomic E-state index is 13.7. The average Bonchev–Trinajstić information content (AvgIpc) is 2.80. The van der Waals surface area contributed by atoms with Gasteiger partial charge in [0.25, 0.3) is 0 Å². The Hall–Kier alpha value is -0.830. The van der Waals surface area contributed by atoms with Crippen molar-refractivity contribution in [2.45, 2.75) is 17.4 Å². The molecule has 4 nitrogen and oxygen atoms in total. The van der Waals surface area contributed by atoms with Crippen LogP contribution < -0.4 is 4.72 Å². The van der Waals surface area contributed by atoms with E-state index in [0.717, 1.165) is 6.07 Å². The lowest BCUT2D eigenvalue weighted by Crippen LogP contribution is -2.33. The molecule has 0 amide bonds. The molecule has 1 aromatic carbocycles. The zero-order chi connectivity index (χ0) is 14.9. The summed E-state index contributed by atoms with van der Waals surface area (Å²) < 4.78 is 53.2. The van der Waals surface area contributed by atoms with Crippen molar-refractivity contribution < 1.29 is 22.3 Å². The molecule has 0 spiro atoms. The fraction of sp³-hybridized carbons (Fsp3) is 0.333. The van der Waals surface area contributed by atoms with E-state index < -0.39 is 32.6 Å². The van der Waals surface area contributed by atoms with E-state index in [1.165, 1.54) is 0 Å². The van der Waals surface area contributed by atoms with Crippen LogP contribution in [0.15, 0.2) is 33.7 Å². The number of nitrogens with one attached hydrogen (secondary N) is 1. The highest BCUT2D eigenvalue weighted by molar-refractivity contribution is 9.10. The minimum absolute atomic E-state index is 0.0873. The molecule has 0 saturated carbocycles. The highest BCUT2D eigenvalue weighted by atomic mass is 79.9. The van der Waals surface area contributed by atoms with Crippen molar-refractivity contribution in [2.75, 3.05) is 6.61 Å². The SMILES string of the molecule is O=S(=O)(N[C@@H]1C=C[C@H](CO)C1)c1cc(F)c(Br)cc1F. The third kappa shape index (κ3) is 3.25. The second-order valence-electron chi connectivity index (χ2n) is 4.49. The first-order chi connectivity index (χ1) is 9.33. The third-order valence-corrected chi connectivity index (χ3v) is 5.09. The molecule has 0 bridgehead atoms. The van der Waals surface area contributed by atoms with E-state index in [2.05, 4.69) is 20.7 Å². The summed E-state index contributed by atoms with van der Waals surface area (Å²) in [5.74, 6) is -2.03. The molecule has 0 aliphatic heterocycles. The van der Waals surface area contributed by atoms with E-state index in [9.17, 15) is 17.2 Å². The Morgan fingerprint density at radius 1 is 1.30 bits per heavy atom. The van der Waals surface area contributed by atoms with Gasteiger partial charge in [0.1, 0.15) is 16.5 Å². The highest BCUT2D eigenvalue weighted by Crippen LogP contribution is 2.25. The normalized spacial score (nSPS) is 22.4. The van der Waals surface area contributed by atoms with Gasteiger partial charge < -0.3 is 5.11 Å². The molecule has 1 aromatic rings. The number of aliphatic hydroxyl groups excluding tert-OH is 1. The van der Waals surface area contributed by atoms with Gasteiger partial charge in [-0.05, 0) is 34.5 Å². The van der Waals surface area contributed by atoms with Gasteiger partial charge in [0.05, 0.1) is 4.47 Å². The maximum Gasteiger partial charge on any atom is 0.244 e. The van der Waals surface area contributed by atoms with Gasteiger partial charge in [0, 0.05) is 18.6 Å². The third-order valence-electron chi connectivity index (χ3n) is 2.98. The minimum atomic E-state index is -4.16. The molecule has 1 aliphatic rings. The zero-order valence-corrected chi connectivity index (χ0v) is 12.6. The first-order valence-corrected chi connectivity index (χ1v) is 8.07. The largest absolute Gasteiger partial charge is 0.396 e. The van der Waals surface area contributed by atoms with Crippen LogP contribution in [0.1, 0.15) is 6.42 Å². The predicted octanol–water partition coefficient (Wildman–Crippen LogP) is 1.94. The van der Waals surface area contributed by atoms with Crippen LogP contribution in [0.4, 0.5) is 8.78 Å². The lowest BCUT2D eigenvalue weighted by Gasteiger charge is -2.14. The van der Waals surface area contributed by atoms with Crippen molar-refractivity contribution in [2.24, 2.45) is 5.92 Å². The topological polar surface area (TPSA) is 66.4 Å². The van der Waals surface area contributed by atoms with E-state index >= 15 is 0 Å². The molecule has 0 saturated heterocycles. The van der Waals surface area contributed by atoms with Gasteiger partial charge in [-0.25, -0.2) is 21.9 Å². The summed E-state index contributed by atoms with van der Waals surface area (Å²) in [4.78, 5) is -0.737. The Bertz CT molecular complexity index is 648. The van der Waals surface area contributed by atoms with Crippen molar-refractivity contribution in [3.8, 4) is 0 Å². The first kappa shape index (κ1) is 15.6. The Morgan fingerprint density at radius 3 is 2.60 bits per heavy atom. The number of benzene rings is 1. The van der Waals surface area contributed by atoms with E-state index in [1.54, 1.807) is 12.2 Å². The number of hydrogen-bond donors (Lipinski definition) is 2. The summed E-state index contributed by atoms with van der Waals surface area (Å²) in [7, 11) is -4.16. The number of rotatable bonds is 4. The van der Waals surface area contributed by atoms with Crippen LogP contribution >= 0.6 is 15.9 Å². The molecule has 0 fully saturated rings. The highest BCUT2D eigenvalue weighted by Gasteiger charge is 2.27. The lowest BCUT2D eigenvalue weighted by atomic mass is 10.1. The average molecular weight is 368 g/mol. The van der Waals surface area contributed by atoms with Crippen LogP contribution in [-0.2, 0) is 10.0 Å². The summed E-state index contributed by atoms with van der Waals surface area (Å²) in [6, 6.07) is 0.859. The van der Waals surface area contributed by atoms with E-state index in [4.69, 9.17) is 5.11 Å². The Morgan fingerprint density at radius 2 is 2.00 bits per heavy atom. The molecule has 1 aliphatic carbocycles. The Kier molecular flexibility index (Phi) is 4.58. The second kappa shape index (κ2) is 5.88. The van der Waals surface area contributed by atoms with Crippen molar-refractivity contribution >= 4 is 26.0 Å². The number of aliphatic hydroxyl groups is 1. The fourth-order valence-corrected chi connectivity index (χ4v) is 3.56. The van der Waals surface area contributed by atoms with Gasteiger partial charge in [-0.3, -0.25) is 0 Å². The second-order valence-corrected chi connectivity index (χ2v) is 7.02. The summed E-state index contributed by atoms with van der Waals surface area (Å²) in [5.41, 5.74) is 0. The van der Waals surface area contributed by atoms with Gasteiger partial charge in [0.15, 0.2) is 0 Å². The molecular weight excluding hydrogens is 356 g/mol. The van der Waals surface area contributed by atoms with Crippen LogP contribution in [0.3, 0.4) is 0 Å². The number of hydrogen-bond acceptors (Lipinski definition) is 3. The van der Waals surface area contributed by atoms with Gasteiger partial charge in [-0.15, -0.1) is 0 Å². The number of sulfonamides is 1. The molecule has 2 rings (SSSR count). The molecule has 0 radical (unpaired) electrons. The molecule has 2 N–H and O–H groups in total. The van der Waals surface area contributed by atoms with Gasteiger partial charge >= 0.3 is 0 Å². The van der Waals surface area contributed by atoms with Gasteiger partial charge in [0.2, 0.25) is 10.0 Å². The molecule has 0 heterocycles. The predicted molar refractivity (Wildman–Crippen MR) is 72.5 cm³/mol. The van der Waals surface area contributed by atoms with Crippen molar-refractivity contribution in [3.63, 3.8) is 0 Å². The molecule has 8 heteroatoms. The lowest BCUT2D eigenvalue weighted by molar-refractivity contribution is 0.248. The van der Waals surface area contributed by atoms with Crippen LogP contribution in [0.25, 0.3) is 0 Å². The Balaban J connectivity index is 2.24. The maximum absolute atomic E-state index is 13.7. The van der Waals surface area contributed by atoms with Crippen molar-refractivity contribution in [1.29, 1.82) is 0 Å². The molecule has 20 heavy (non-hydrogen) atoms. The van der Waals surface area contributed by atoms with Crippen molar-refractivity contribution in [3.05, 3.63) is 40.4 Å². The molecule has 0 aromatic heterocycles. The molecule has 2 atom stereocenters. The van der Waals surface area contributed by atoms with Gasteiger partial charge in [-0.1, -0.05) is 12.2 Å². The van der Waals surface area contributed by atoms with Crippen LogP contribution in [-0.4, -0.2) is 26.2 Å². The van der Waals surface area contributed by atoms with Crippen molar-refractivity contribution in [1.82, 2.24) is 4.72 Å². The van der Waals surface area contributed by atoms with E-state index in [-0.39, 0.29) is 17.0 Å². The molecule has 110 valence electrons. The number of halogens is 3. The quantitative estimate of drug-likeness (QED) is 0.631. The van der Waals surface area contributed by atoms with E-state index in [1.807, 2.05) is 0 Å². The van der Waals surface area contributed by atoms with Crippen LogP contribution in [0.5, 0.6) is 0 Å². The fourth-order valence-electron chi connectivity index (χ4n) is 1.97. The zero-order valence-electron chi connectivity index (χ0n) is 10.2. The van der Waals surface area contributed by atoms with Gasteiger partial charge in [-0.2, -0.15) is 0 Å².